The maximum atomic E-state index is 13.1. The average molecular weight is 466 g/mol. The lowest BCUT2D eigenvalue weighted by Gasteiger charge is -2.35. The molecular formula is C20H27N5O6S. The van der Waals surface area contributed by atoms with Crippen LogP contribution in [0.15, 0.2) is 23.1 Å². The Bertz CT molecular complexity index is 1050. The number of hydrogen-bond donors (Lipinski definition) is 2. The fourth-order valence-electron chi connectivity index (χ4n) is 3.96. The molecule has 1 aromatic carbocycles. The number of nitrogens with one attached hydrogen (secondary N) is 1. The smallest absolute Gasteiger partial charge is 0.250 e. The van der Waals surface area contributed by atoms with E-state index in [0.717, 1.165) is 0 Å². The Morgan fingerprint density at radius 3 is 2.22 bits per heavy atom. The van der Waals surface area contributed by atoms with Gasteiger partial charge in [0.2, 0.25) is 27.7 Å². The molecule has 174 valence electrons. The van der Waals surface area contributed by atoms with Crippen LogP contribution in [0.1, 0.15) is 25.3 Å². The maximum Gasteiger partial charge on any atom is 0.250 e. The molecule has 0 saturated carbocycles. The van der Waals surface area contributed by atoms with Crippen LogP contribution in [0, 0.1) is 6.92 Å². The summed E-state index contributed by atoms with van der Waals surface area (Å²) in [5.74, 6) is -2.12. The molecule has 4 amide bonds. The summed E-state index contributed by atoms with van der Waals surface area (Å²) in [5.41, 5.74) is 6.16. The van der Waals surface area contributed by atoms with Crippen molar-refractivity contribution in [3.8, 4) is 0 Å². The molecule has 3 N–H and O–H groups in total. The number of primary amides is 1. The minimum absolute atomic E-state index is 0.0921. The van der Waals surface area contributed by atoms with E-state index in [1.807, 2.05) is 0 Å². The third-order valence-corrected chi connectivity index (χ3v) is 7.32. The van der Waals surface area contributed by atoms with E-state index in [0.29, 0.717) is 30.6 Å². The number of anilines is 1. The average Bonchev–Trinajstić information content (AvgIpc) is 3.17. The van der Waals surface area contributed by atoms with Crippen LogP contribution in [0.5, 0.6) is 0 Å². The van der Waals surface area contributed by atoms with Crippen molar-refractivity contribution in [2.45, 2.75) is 37.6 Å². The van der Waals surface area contributed by atoms with Crippen LogP contribution in [0.25, 0.3) is 0 Å². The minimum Gasteiger partial charge on any atom is -0.368 e. The minimum atomic E-state index is -4.31. The van der Waals surface area contributed by atoms with Gasteiger partial charge in [0, 0.05) is 51.8 Å². The fraction of sp³-hybridized carbons (Fsp3) is 0.500. The van der Waals surface area contributed by atoms with E-state index in [9.17, 15) is 27.6 Å². The van der Waals surface area contributed by atoms with Crippen molar-refractivity contribution in [3.05, 3.63) is 23.8 Å². The van der Waals surface area contributed by atoms with Crippen molar-refractivity contribution in [2.24, 2.45) is 5.73 Å². The summed E-state index contributed by atoms with van der Waals surface area (Å²) in [5, 5.41) is 0. The van der Waals surface area contributed by atoms with Crippen LogP contribution in [0.2, 0.25) is 0 Å². The van der Waals surface area contributed by atoms with Gasteiger partial charge in [-0.05, 0) is 31.0 Å². The van der Waals surface area contributed by atoms with Crippen molar-refractivity contribution in [3.63, 3.8) is 0 Å². The van der Waals surface area contributed by atoms with Crippen LogP contribution in [0.4, 0.5) is 5.69 Å². The molecule has 12 heteroatoms. The van der Waals surface area contributed by atoms with Gasteiger partial charge in [0.1, 0.15) is 0 Å². The van der Waals surface area contributed by atoms with Gasteiger partial charge in [-0.25, -0.2) is 8.42 Å². The zero-order valence-electron chi connectivity index (χ0n) is 18.0. The third kappa shape index (κ3) is 4.75. The first-order chi connectivity index (χ1) is 15.0. The zero-order chi connectivity index (χ0) is 23.6. The first-order valence-corrected chi connectivity index (χ1v) is 11.8. The number of piperazine rings is 1. The lowest BCUT2D eigenvalue weighted by atomic mass is 10.2. The van der Waals surface area contributed by atoms with Crippen LogP contribution < -0.4 is 15.4 Å². The van der Waals surface area contributed by atoms with E-state index in [1.165, 1.54) is 28.9 Å². The van der Waals surface area contributed by atoms with Crippen molar-refractivity contribution in [1.82, 2.24) is 14.5 Å². The normalized spacial score (nSPS) is 18.1. The van der Waals surface area contributed by atoms with Crippen molar-refractivity contribution in [1.29, 1.82) is 0 Å². The van der Waals surface area contributed by atoms with Crippen LogP contribution in [0.3, 0.4) is 0 Å². The third-order valence-electron chi connectivity index (χ3n) is 5.75. The second-order valence-electron chi connectivity index (χ2n) is 7.84. The van der Waals surface area contributed by atoms with E-state index >= 15 is 0 Å². The molecule has 0 spiro atoms. The van der Waals surface area contributed by atoms with E-state index < -0.39 is 27.9 Å². The quantitative estimate of drug-likeness (QED) is 0.512. The summed E-state index contributed by atoms with van der Waals surface area (Å²) in [6.07, 6.45) is 1.08. The highest BCUT2D eigenvalue weighted by molar-refractivity contribution is 7.89. The molecule has 2 fully saturated rings. The molecule has 1 atom stereocenters. The Morgan fingerprint density at radius 1 is 1.06 bits per heavy atom. The van der Waals surface area contributed by atoms with Crippen LogP contribution >= 0.6 is 0 Å². The highest BCUT2D eigenvalue weighted by atomic mass is 32.2. The van der Waals surface area contributed by atoms with Crippen molar-refractivity contribution in [2.75, 3.05) is 37.6 Å². The fourth-order valence-corrected chi connectivity index (χ4v) is 5.38. The van der Waals surface area contributed by atoms with Crippen LogP contribution in [-0.4, -0.2) is 80.6 Å². The Kier molecular flexibility index (Phi) is 6.84. The molecular weight excluding hydrogens is 438 g/mol. The number of rotatable bonds is 6. The summed E-state index contributed by atoms with van der Waals surface area (Å²) in [6.45, 7) is 4.37. The number of nitrogens with two attached hydrogens (primary N) is 1. The molecule has 11 nitrogen and oxygen atoms in total. The SMILES string of the molecule is CC(=O)N1CCN(C(=O)[C@@H](NS(=O)(=O)c2cccc(N3CCCC3=O)c2C)C(N)=O)CC1. The summed E-state index contributed by atoms with van der Waals surface area (Å²) >= 11 is 0. The highest BCUT2D eigenvalue weighted by Gasteiger charge is 2.36. The number of hydrogen-bond acceptors (Lipinski definition) is 6. The van der Waals surface area contributed by atoms with Gasteiger partial charge in [-0.2, -0.15) is 4.72 Å². The number of sulfonamides is 1. The van der Waals surface area contributed by atoms with Gasteiger partial charge >= 0.3 is 0 Å². The Balaban J connectivity index is 1.82. The Morgan fingerprint density at radius 2 is 1.69 bits per heavy atom. The largest absolute Gasteiger partial charge is 0.368 e. The van der Waals surface area contributed by atoms with Gasteiger partial charge in [0.15, 0.2) is 6.04 Å². The topological polar surface area (TPSA) is 150 Å². The molecule has 0 radical (unpaired) electrons. The van der Waals surface area contributed by atoms with E-state index in [-0.39, 0.29) is 42.9 Å². The second-order valence-corrected chi connectivity index (χ2v) is 9.52. The Labute approximate surface area is 186 Å². The molecule has 0 bridgehead atoms. The predicted octanol–water partition coefficient (Wildman–Crippen LogP) is -1.06. The molecule has 2 saturated heterocycles. The lowest BCUT2D eigenvalue weighted by Crippen LogP contribution is -2.59. The number of carbonyl (C=O) groups excluding carboxylic acids is 4. The molecule has 0 aromatic heterocycles. The molecule has 2 heterocycles. The molecule has 0 unspecified atom stereocenters. The van der Waals surface area contributed by atoms with Gasteiger partial charge < -0.3 is 20.4 Å². The highest BCUT2D eigenvalue weighted by Crippen LogP contribution is 2.29. The van der Waals surface area contributed by atoms with Gasteiger partial charge in [-0.3, -0.25) is 19.2 Å². The first-order valence-electron chi connectivity index (χ1n) is 10.3. The van der Waals surface area contributed by atoms with Crippen molar-refractivity contribution >= 4 is 39.3 Å². The van der Waals surface area contributed by atoms with Gasteiger partial charge in [-0.15, -0.1) is 0 Å². The molecule has 2 aliphatic rings. The summed E-state index contributed by atoms with van der Waals surface area (Å²) in [7, 11) is -4.31. The van der Waals surface area contributed by atoms with Crippen LogP contribution in [-0.2, 0) is 29.2 Å². The summed E-state index contributed by atoms with van der Waals surface area (Å²) < 4.78 is 28.3. The molecule has 0 aliphatic carbocycles. The summed E-state index contributed by atoms with van der Waals surface area (Å²) in [6, 6.07) is 2.71. The van der Waals surface area contributed by atoms with E-state index in [2.05, 4.69) is 4.72 Å². The molecule has 3 rings (SSSR count). The van der Waals surface area contributed by atoms with E-state index in [4.69, 9.17) is 5.73 Å². The molecule has 32 heavy (non-hydrogen) atoms. The number of amides is 4. The van der Waals surface area contributed by atoms with E-state index in [1.54, 1.807) is 17.9 Å². The zero-order valence-corrected chi connectivity index (χ0v) is 18.9. The number of carbonyl (C=O) groups is 4. The Hall–Kier alpha value is -2.99. The maximum absolute atomic E-state index is 13.1. The molecule has 2 aliphatic heterocycles. The van der Waals surface area contributed by atoms with Gasteiger partial charge in [-0.1, -0.05) is 6.07 Å². The lowest BCUT2D eigenvalue weighted by molar-refractivity contribution is -0.142. The number of benzene rings is 1. The van der Waals surface area contributed by atoms with Gasteiger partial charge in [0.25, 0.3) is 5.91 Å². The monoisotopic (exact) mass is 465 g/mol. The first kappa shape index (κ1) is 23.7. The van der Waals surface area contributed by atoms with Crippen molar-refractivity contribution < 1.29 is 27.6 Å². The number of nitrogens with zero attached hydrogens (tertiary/aromatic N) is 3. The summed E-state index contributed by atoms with van der Waals surface area (Å²) in [4.78, 5) is 52.7. The van der Waals surface area contributed by atoms with Gasteiger partial charge in [0.05, 0.1) is 4.90 Å². The standard InChI is InChI=1S/C20H27N5O6S/c1-13-15(25-8-4-7-17(25)27)5-3-6-16(13)32(30,31)22-18(19(21)28)20(29)24-11-9-23(10-12-24)14(2)26/h3,5-6,18,22H,4,7-12H2,1-2H3,(H2,21,28)/t18-/m0/s1. The predicted molar refractivity (Wildman–Crippen MR) is 115 cm³/mol. The second kappa shape index (κ2) is 9.25. The molecule has 1 aromatic rings.